The van der Waals surface area contributed by atoms with Crippen LogP contribution in [0.3, 0.4) is 0 Å². The lowest BCUT2D eigenvalue weighted by molar-refractivity contribution is 0.0330. The third-order valence-corrected chi connectivity index (χ3v) is 3.04. The molecule has 0 atom stereocenters. The molecule has 100 valence electrons. The zero-order chi connectivity index (χ0) is 13.1. The molecule has 0 bridgehead atoms. The molecule has 0 amide bonds. The number of nitrogens with zero attached hydrogens (tertiary/aromatic N) is 2. The van der Waals surface area contributed by atoms with Gasteiger partial charge in [-0.05, 0) is 12.1 Å². The maximum absolute atomic E-state index is 11.7. The van der Waals surface area contributed by atoms with Crippen molar-refractivity contribution in [2.24, 2.45) is 0 Å². The molecule has 0 spiro atoms. The summed E-state index contributed by atoms with van der Waals surface area (Å²) >= 11 is 0. The Morgan fingerprint density at radius 3 is 2.95 bits per heavy atom. The van der Waals surface area contributed by atoms with Crippen LogP contribution >= 0.6 is 0 Å². The summed E-state index contributed by atoms with van der Waals surface area (Å²) in [5.74, 6) is 1.26. The average molecular weight is 261 g/mol. The van der Waals surface area contributed by atoms with E-state index >= 15 is 0 Å². The van der Waals surface area contributed by atoms with E-state index in [-0.39, 0.29) is 5.56 Å². The van der Waals surface area contributed by atoms with Crippen LogP contribution in [0.25, 0.3) is 11.5 Å². The molecule has 3 heterocycles. The molecular formula is C13H15N3O3. The SMILES string of the molecule is O=c1cc(-c2ccco2)nc(CN2CCOCC2)[nH]1. The minimum Gasteiger partial charge on any atom is -0.463 e. The van der Waals surface area contributed by atoms with E-state index in [9.17, 15) is 4.79 Å². The molecule has 0 unspecified atom stereocenters. The van der Waals surface area contributed by atoms with Crippen LogP contribution in [0.5, 0.6) is 0 Å². The van der Waals surface area contributed by atoms with E-state index in [1.54, 1.807) is 18.4 Å². The highest BCUT2D eigenvalue weighted by Gasteiger charge is 2.13. The monoisotopic (exact) mass is 261 g/mol. The maximum atomic E-state index is 11.7. The van der Waals surface area contributed by atoms with Crippen LogP contribution in [0.2, 0.25) is 0 Å². The summed E-state index contributed by atoms with van der Waals surface area (Å²) in [7, 11) is 0. The number of hydrogen-bond acceptors (Lipinski definition) is 5. The molecule has 0 radical (unpaired) electrons. The quantitative estimate of drug-likeness (QED) is 0.887. The van der Waals surface area contributed by atoms with Gasteiger partial charge in [-0.1, -0.05) is 0 Å². The predicted octanol–water partition coefficient (Wildman–Crippen LogP) is 0.862. The lowest BCUT2D eigenvalue weighted by Crippen LogP contribution is -2.36. The average Bonchev–Trinajstić information content (AvgIpc) is 2.93. The van der Waals surface area contributed by atoms with Crippen LogP contribution in [0.1, 0.15) is 5.82 Å². The Morgan fingerprint density at radius 1 is 1.37 bits per heavy atom. The van der Waals surface area contributed by atoms with Crippen molar-refractivity contribution in [3.63, 3.8) is 0 Å². The normalized spacial score (nSPS) is 16.6. The summed E-state index contributed by atoms with van der Waals surface area (Å²) in [6.07, 6.45) is 1.57. The molecule has 6 nitrogen and oxygen atoms in total. The summed E-state index contributed by atoms with van der Waals surface area (Å²) in [5, 5.41) is 0. The summed E-state index contributed by atoms with van der Waals surface area (Å²) in [6.45, 7) is 3.78. The van der Waals surface area contributed by atoms with Gasteiger partial charge in [-0.3, -0.25) is 9.69 Å². The van der Waals surface area contributed by atoms with Crippen LogP contribution < -0.4 is 5.56 Å². The second-order valence-corrected chi connectivity index (χ2v) is 4.44. The standard InChI is InChI=1S/C13H15N3O3/c17-13-8-10(11-2-1-5-19-11)14-12(15-13)9-16-3-6-18-7-4-16/h1-2,5,8H,3-4,6-7,9H2,(H,14,15,17). The van der Waals surface area contributed by atoms with Gasteiger partial charge in [0.15, 0.2) is 5.76 Å². The summed E-state index contributed by atoms with van der Waals surface area (Å²) in [5.41, 5.74) is 0.404. The van der Waals surface area contributed by atoms with Crippen molar-refractivity contribution in [1.29, 1.82) is 0 Å². The van der Waals surface area contributed by atoms with E-state index in [0.29, 0.717) is 23.8 Å². The van der Waals surface area contributed by atoms with Gasteiger partial charge in [-0.2, -0.15) is 0 Å². The number of H-pyrrole nitrogens is 1. The first-order chi connectivity index (χ1) is 9.31. The number of morpholine rings is 1. The van der Waals surface area contributed by atoms with Crippen molar-refractivity contribution in [2.75, 3.05) is 26.3 Å². The minimum atomic E-state index is -0.162. The van der Waals surface area contributed by atoms with Gasteiger partial charge >= 0.3 is 0 Å². The van der Waals surface area contributed by atoms with Gasteiger partial charge in [0.25, 0.3) is 5.56 Å². The van der Waals surface area contributed by atoms with Gasteiger partial charge in [0.2, 0.25) is 0 Å². The fourth-order valence-corrected chi connectivity index (χ4v) is 2.10. The van der Waals surface area contributed by atoms with Crippen molar-refractivity contribution < 1.29 is 9.15 Å². The first-order valence-corrected chi connectivity index (χ1v) is 6.25. The molecule has 19 heavy (non-hydrogen) atoms. The molecule has 0 aliphatic carbocycles. The number of nitrogens with one attached hydrogen (secondary N) is 1. The van der Waals surface area contributed by atoms with E-state index < -0.39 is 0 Å². The molecule has 2 aromatic heterocycles. The van der Waals surface area contributed by atoms with Gasteiger partial charge in [0, 0.05) is 19.2 Å². The molecule has 3 rings (SSSR count). The van der Waals surface area contributed by atoms with Gasteiger partial charge in [0.1, 0.15) is 11.5 Å². The smallest absolute Gasteiger partial charge is 0.251 e. The predicted molar refractivity (Wildman–Crippen MR) is 68.7 cm³/mol. The lowest BCUT2D eigenvalue weighted by atomic mass is 10.3. The van der Waals surface area contributed by atoms with E-state index in [1.165, 1.54) is 6.07 Å². The molecule has 2 aromatic rings. The number of hydrogen-bond donors (Lipinski definition) is 1. The molecule has 1 aliphatic rings. The van der Waals surface area contributed by atoms with E-state index in [2.05, 4.69) is 14.9 Å². The Labute approximate surface area is 110 Å². The Kier molecular flexibility index (Phi) is 3.43. The Balaban J connectivity index is 1.83. The number of aromatic amines is 1. The fourth-order valence-electron chi connectivity index (χ4n) is 2.10. The first kappa shape index (κ1) is 12.1. The largest absolute Gasteiger partial charge is 0.463 e. The van der Waals surface area contributed by atoms with Crippen LogP contribution in [0.15, 0.2) is 33.7 Å². The molecule has 0 saturated carbocycles. The van der Waals surface area contributed by atoms with Crippen LogP contribution in [0.4, 0.5) is 0 Å². The van der Waals surface area contributed by atoms with Gasteiger partial charge in [-0.15, -0.1) is 0 Å². The lowest BCUT2D eigenvalue weighted by Gasteiger charge is -2.25. The third-order valence-electron chi connectivity index (χ3n) is 3.04. The van der Waals surface area contributed by atoms with E-state index in [1.807, 2.05) is 0 Å². The van der Waals surface area contributed by atoms with Crippen molar-refractivity contribution in [2.45, 2.75) is 6.54 Å². The fraction of sp³-hybridized carbons (Fsp3) is 0.385. The van der Waals surface area contributed by atoms with Crippen LogP contribution in [-0.2, 0) is 11.3 Å². The van der Waals surface area contributed by atoms with E-state index in [0.717, 1.165) is 26.3 Å². The molecular weight excluding hydrogens is 246 g/mol. The highest BCUT2D eigenvalue weighted by molar-refractivity contribution is 5.50. The van der Waals surface area contributed by atoms with Crippen molar-refractivity contribution in [1.82, 2.24) is 14.9 Å². The van der Waals surface area contributed by atoms with Gasteiger partial charge < -0.3 is 14.1 Å². The zero-order valence-corrected chi connectivity index (χ0v) is 10.5. The van der Waals surface area contributed by atoms with Crippen LogP contribution in [0, 0.1) is 0 Å². The second kappa shape index (κ2) is 5.38. The Morgan fingerprint density at radius 2 is 2.21 bits per heavy atom. The molecule has 1 aliphatic heterocycles. The molecule has 6 heteroatoms. The molecule has 1 saturated heterocycles. The Bertz CT molecular complexity index is 585. The van der Waals surface area contributed by atoms with Gasteiger partial charge in [-0.25, -0.2) is 4.98 Å². The zero-order valence-electron chi connectivity index (χ0n) is 10.5. The highest BCUT2D eigenvalue weighted by atomic mass is 16.5. The van der Waals surface area contributed by atoms with E-state index in [4.69, 9.17) is 9.15 Å². The number of aromatic nitrogens is 2. The molecule has 1 N–H and O–H groups in total. The van der Waals surface area contributed by atoms with Crippen LogP contribution in [-0.4, -0.2) is 41.2 Å². The number of rotatable bonds is 3. The summed E-state index contributed by atoms with van der Waals surface area (Å²) < 4.78 is 10.6. The Hall–Kier alpha value is -1.92. The minimum absolute atomic E-state index is 0.162. The molecule has 1 fully saturated rings. The third kappa shape index (κ3) is 2.91. The second-order valence-electron chi connectivity index (χ2n) is 4.44. The maximum Gasteiger partial charge on any atom is 0.251 e. The first-order valence-electron chi connectivity index (χ1n) is 6.25. The summed E-state index contributed by atoms with van der Waals surface area (Å²) in [6, 6.07) is 5.02. The highest BCUT2D eigenvalue weighted by Crippen LogP contribution is 2.15. The summed E-state index contributed by atoms with van der Waals surface area (Å²) in [4.78, 5) is 21.1. The van der Waals surface area contributed by atoms with Crippen molar-refractivity contribution in [3.05, 3.63) is 40.6 Å². The topological polar surface area (TPSA) is 71.4 Å². The van der Waals surface area contributed by atoms with Crippen molar-refractivity contribution in [3.8, 4) is 11.5 Å². The molecule has 0 aromatic carbocycles. The number of furan rings is 1. The van der Waals surface area contributed by atoms with Crippen molar-refractivity contribution >= 4 is 0 Å². The number of ether oxygens (including phenoxy) is 1. The van der Waals surface area contributed by atoms with Gasteiger partial charge in [0.05, 0.1) is 26.0 Å².